The van der Waals surface area contributed by atoms with E-state index in [-0.39, 0.29) is 17.9 Å². The van der Waals surface area contributed by atoms with Crippen molar-refractivity contribution in [2.45, 2.75) is 31.8 Å². The smallest absolute Gasteiger partial charge is 0.232 e. The number of hydrogen-bond donors (Lipinski definition) is 0. The molecular formula is C16H24N4O4S. The number of rotatable bonds is 4. The second-order valence-electron chi connectivity index (χ2n) is 6.65. The number of piperidine rings is 2. The van der Waals surface area contributed by atoms with Gasteiger partial charge in [0.05, 0.1) is 19.0 Å². The number of ether oxygens (including phenoxy) is 1. The first-order valence-electron chi connectivity index (χ1n) is 8.60. The van der Waals surface area contributed by atoms with Crippen LogP contribution in [0.4, 0.5) is 0 Å². The molecule has 2 aliphatic rings. The molecule has 3 heterocycles. The molecule has 8 nitrogen and oxygen atoms in total. The molecule has 3 rings (SSSR count). The summed E-state index contributed by atoms with van der Waals surface area (Å²) >= 11 is 0. The van der Waals surface area contributed by atoms with Crippen LogP contribution in [0.15, 0.2) is 18.6 Å². The van der Waals surface area contributed by atoms with E-state index in [1.165, 1.54) is 10.6 Å². The van der Waals surface area contributed by atoms with Gasteiger partial charge in [-0.05, 0) is 25.7 Å². The van der Waals surface area contributed by atoms with Crippen molar-refractivity contribution >= 4 is 15.9 Å². The number of hydrogen-bond acceptors (Lipinski definition) is 6. The molecule has 0 bridgehead atoms. The number of aromatic nitrogens is 2. The summed E-state index contributed by atoms with van der Waals surface area (Å²) in [4.78, 5) is 22.7. The zero-order valence-corrected chi connectivity index (χ0v) is 15.2. The Kier molecular flexibility index (Phi) is 5.53. The second kappa shape index (κ2) is 7.65. The number of carbonyl (C=O) groups is 1. The molecule has 9 heteroatoms. The normalized spacial score (nSPS) is 23.4. The van der Waals surface area contributed by atoms with Crippen LogP contribution in [0.25, 0.3) is 0 Å². The summed E-state index contributed by atoms with van der Waals surface area (Å²) in [5.74, 6) is 0.483. The summed E-state index contributed by atoms with van der Waals surface area (Å²) in [6.07, 6.45) is 8.81. The lowest BCUT2D eigenvalue weighted by Crippen LogP contribution is -2.49. The summed E-state index contributed by atoms with van der Waals surface area (Å²) in [7, 11) is -3.17. The number of sulfonamides is 1. The van der Waals surface area contributed by atoms with Crippen LogP contribution in [0.3, 0.4) is 0 Å². The van der Waals surface area contributed by atoms with Gasteiger partial charge in [-0.25, -0.2) is 17.7 Å². The summed E-state index contributed by atoms with van der Waals surface area (Å²) in [5, 5.41) is 0. The van der Waals surface area contributed by atoms with Crippen LogP contribution in [-0.4, -0.2) is 72.0 Å². The number of amides is 1. The Hall–Kier alpha value is -1.74. The van der Waals surface area contributed by atoms with Gasteiger partial charge in [0.2, 0.25) is 21.8 Å². The molecule has 25 heavy (non-hydrogen) atoms. The SMILES string of the molecule is CS(=O)(=O)N1CCC(C(=O)N2CCC[C@H](Oc3cnccn3)C2)CC1. The Labute approximate surface area is 148 Å². The van der Waals surface area contributed by atoms with Gasteiger partial charge >= 0.3 is 0 Å². The highest BCUT2D eigenvalue weighted by Crippen LogP contribution is 2.24. The topological polar surface area (TPSA) is 92.7 Å². The molecular weight excluding hydrogens is 344 g/mol. The molecule has 0 N–H and O–H groups in total. The maximum Gasteiger partial charge on any atom is 0.232 e. The third-order valence-corrected chi connectivity index (χ3v) is 6.09. The molecule has 0 aromatic carbocycles. The maximum atomic E-state index is 12.8. The predicted octanol–water partition coefficient (Wildman–Crippen LogP) is 0.518. The molecule has 1 aromatic rings. The fourth-order valence-electron chi connectivity index (χ4n) is 3.44. The highest BCUT2D eigenvalue weighted by molar-refractivity contribution is 7.88. The Morgan fingerprint density at radius 3 is 2.60 bits per heavy atom. The first kappa shape index (κ1) is 18.1. The molecule has 2 fully saturated rings. The monoisotopic (exact) mass is 368 g/mol. The molecule has 1 atom stereocenters. The van der Waals surface area contributed by atoms with Crippen molar-refractivity contribution in [1.29, 1.82) is 0 Å². The van der Waals surface area contributed by atoms with E-state index in [2.05, 4.69) is 9.97 Å². The van der Waals surface area contributed by atoms with Crippen LogP contribution in [0.2, 0.25) is 0 Å². The van der Waals surface area contributed by atoms with Crippen molar-refractivity contribution < 1.29 is 17.9 Å². The molecule has 2 aliphatic heterocycles. The lowest BCUT2D eigenvalue weighted by molar-refractivity contribution is -0.139. The Balaban J connectivity index is 1.54. The van der Waals surface area contributed by atoms with Crippen molar-refractivity contribution in [3.63, 3.8) is 0 Å². The van der Waals surface area contributed by atoms with E-state index in [1.807, 2.05) is 4.90 Å². The van der Waals surface area contributed by atoms with Crippen LogP contribution in [0, 0.1) is 5.92 Å². The van der Waals surface area contributed by atoms with Gasteiger partial charge in [-0.3, -0.25) is 9.78 Å². The number of likely N-dealkylation sites (tertiary alicyclic amines) is 1. The fraction of sp³-hybridized carbons (Fsp3) is 0.688. The average molecular weight is 368 g/mol. The van der Waals surface area contributed by atoms with Gasteiger partial charge in [0.1, 0.15) is 6.10 Å². The zero-order chi connectivity index (χ0) is 17.9. The first-order chi connectivity index (χ1) is 11.9. The Morgan fingerprint density at radius 1 is 1.20 bits per heavy atom. The van der Waals surface area contributed by atoms with E-state index in [1.54, 1.807) is 18.6 Å². The molecule has 0 unspecified atom stereocenters. The lowest BCUT2D eigenvalue weighted by atomic mass is 9.95. The van der Waals surface area contributed by atoms with Gasteiger partial charge < -0.3 is 9.64 Å². The molecule has 1 aromatic heterocycles. The predicted molar refractivity (Wildman–Crippen MR) is 91.4 cm³/mol. The van der Waals surface area contributed by atoms with Crippen molar-refractivity contribution in [1.82, 2.24) is 19.2 Å². The highest BCUT2D eigenvalue weighted by atomic mass is 32.2. The summed E-state index contributed by atoms with van der Waals surface area (Å²) < 4.78 is 30.4. The summed E-state index contributed by atoms with van der Waals surface area (Å²) in [5.41, 5.74) is 0. The van der Waals surface area contributed by atoms with Crippen molar-refractivity contribution in [2.24, 2.45) is 5.92 Å². The number of carbonyl (C=O) groups excluding carboxylic acids is 1. The van der Waals surface area contributed by atoms with Gasteiger partial charge in [-0.15, -0.1) is 0 Å². The molecule has 0 saturated carbocycles. The van der Waals surface area contributed by atoms with Crippen molar-refractivity contribution in [3.8, 4) is 5.88 Å². The lowest BCUT2D eigenvalue weighted by Gasteiger charge is -2.37. The van der Waals surface area contributed by atoms with Crippen LogP contribution >= 0.6 is 0 Å². The van der Waals surface area contributed by atoms with Crippen LogP contribution in [-0.2, 0) is 14.8 Å². The molecule has 0 aliphatic carbocycles. The van der Waals surface area contributed by atoms with Gasteiger partial charge in [0.15, 0.2) is 0 Å². The average Bonchev–Trinajstić information content (AvgIpc) is 2.61. The minimum atomic E-state index is -3.17. The molecule has 138 valence electrons. The zero-order valence-electron chi connectivity index (χ0n) is 14.4. The maximum absolute atomic E-state index is 12.8. The summed E-state index contributed by atoms with van der Waals surface area (Å²) in [6, 6.07) is 0. The van der Waals surface area contributed by atoms with Gasteiger partial charge in [0.25, 0.3) is 0 Å². The Bertz CT molecular complexity index is 689. The Morgan fingerprint density at radius 2 is 1.96 bits per heavy atom. The number of nitrogens with zero attached hydrogens (tertiary/aromatic N) is 4. The van der Waals surface area contributed by atoms with E-state index in [4.69, 9.17) is 4.74 Å². The highest BCUT2D eigenvalue weighted by Gasteiger charge is 2.33. The summed E-state index contributed by atoms with van der Waals surface area (Å²) in [6.45, 7) is 2.11. The van der Waals surface area contributed by atoms with E-state index in [0.717, 1.165) is 19.4 Å². The quantitative estimate of drug-likeness (QED) is 0.769. The van der Waals surface area contributed by atoms with Crippen LogP contribution < -0.4 is 4.74 Å². The van der Waals surface area contributed by atoms with Gasteiger partial charge in [-0.2, -0.15) is 0 Å². The third kappa shape index (κ3) is 4.66. The minimum absolute atomic E-state index is 0.0782. The second-order valence-corrected chi connectivity index (χ2v) is 8.63. The molecule has 1 amide bonds. The van der Waals surface area contributed by atoms with Crippen molar-refractivity contribution in [2.75, 3.05) is 32.4 Å². The first-order valence-corrected chi connectivity index (χ1v) is 10.4. The van der Waals surface area contributed by atoms with Crippen molar-refractivity contribution in [3.05, 3.63) is 18.6 Å². The van der Waals surface area contributed by atoms with Gasteiger partial charge in [0, 0.05) is 37.9 Å². The molecule has 2 saturated heterocycles. The molecule has 0 radical (unpaired) electrons. The minimum Gasteiger partial charge on any atom is -0.471 e. The van der Waals surface area contributed by atoms with Crippen LogP contribution in [0.1, 0.15) is 25.7 Å². The van der Waals surface area contributed by atoms with E-state index < -0.39 is 10.0 Å². The largest absolute Gasteiger partial charge is 0.471 e. The van der Waals surface area contributed by atoms with E-state index in [0.29, 0.717) is 38.4 Å². The van der Waals surface area contributed by atoms with E-state index in [9.17, 15) is 13.2 Å². The standard InChI is InChI=1S/C16H24N4O4S/c1-25(22,23)20-9-4-13(5-10-20)16(21)19-8-2-3-14(12-19)24-15-11-17-6-7-18-15/h6-7,11,13-14H,2-5,8-10,12H2,1H3/t14-/m0/s1. The third-order valence-electron chi connectivity index (χ3n) is 4.79. The molecule has 0 spiro atoms. The van der Waals surface area contributed by atoms with Gasteiger partial charge in [-0.1, -0.05) is 0 Å². The van der Waals surface area contributed by atoms with Crippen LogP contribution in [0.5, 0.6) is 5.88 Å². The van der Waals surface area contributed by atoms with E-state index >= 15 is 0 Å². The fourth-order valence-corrected chi connectivity index (χ4v) is 4.32.